The van der Waals surface area contributed by atoms with Gasteiger partial charge in [0, 0.05) is 0 Å². The monoisotopic (exact) mass is 248 g/mol. The third kappa shape index (κ3) is 3.50. The highest BCUT2D eigenvalue weighted by Gasteiger charge is 2.22. The molecule has 2 unspecified atom stereocenters. The van der Waals surface area contributed by atoms with Crippen molar-refractivity contribution in [1.82, 2.24) is 0 Å². The minimum Gasteiger partial charge on any atom is -0.490 e. The number of rotatable bonds is 4. The molecule has 0 heterocycles. The minimum absolute atomic E-state index is 0.314. The lowest BCUT2D eigenvalue weighted by molar-refractivity contribution is 0.122. The average Bonchev–Trinajstić information content (AvgIpc) is 2.39. The Kier molecular flexibility index (Phi) is 4.67. The minimum atomic E-state index is -1.40. The summed E-state index contributed by atoms with van der Waals surface area (Å²) in [7, 11) is -1.40. The van der Waals surface area contributed by atoms with E-state index in [1.165, 1.54) is 19.3 Å². The van der Waals surface area contributed by atoms with Crippen LogP contribution >= 0.6 is 0 Å². The molecule has 2 atom stereocenters. The van der Waals surface area contributed by atoms with Gasteiger partial charge in [-0.25, -0.2) is 0 Å². The Morgan fingerprint density at radius 1 is 1.22 bits per heavy atom. The summed E-state index contributed by atoms with van der Waals surface area (Å²) in [6.07, 6.45) is 6.38. The van der Waals surface area contributed by atoms with Gasteiger partial charge in [-0.15, -0.1) is 0 Å². The van der Waals surface area contributed by atoms with E-state index in [0.717, 1.165) is 24.5 Å². The maximum absolute atomic E-state index is 9.02. The molecule has 1 fully saturated rings. The fourth-order valence-corrected chi connectivity index (χ4v) is 2.63. The van der Waals surface area contributed by atoms with Crippen LogP contribution in [0.1, 0.15) is 39.0 Å². The standard InChI is InChI=1S/C14H21BO3/c1-2-11-4-3-5-14(10-11)18-13-8-6-12(7-9-13)15(16)17/h6-9,11,14,16-17H,2-5,10H2,1H3. The Hall–Kier alpha value is -0.995. The second-order valence-corrected chi connectivity index (χ2v) is 5.12. The SMILES string of the molecule is CCC1CCCC(Oc2ccc(B(O)O)cc2)C1. The first-order chi connectivity index (χ1) is 8.69. The molecular weight excluding hydrogens is 227 g/mol. The average molecular weight is 248 g/mol. The van der Waals surface area contributed by atoms with Gasteiger partial charge < -0.3 is 14.8 Å². The number of ether oxygens (including phenoxy) is 1. The summed E-state index contributed by atoms with van der Waals surface area (Å²) in [5.41, 5.74) is 0.498. The Morgan fingerprint density at radius 2 is 1.94 bits per heavy atom. The van der Waals surface area contributed by atoms with Gasteiger partial charge in [-0.05, 0) is 42.8 Å². The maximum Gasteiger partial charge on any atom is 0.488 e. The van der Waals surface area contributed by atoms with E-state index in [1.807, 2.05) is 12.1 Å². The van der Waals surface area contributed by atoms with Crippen molar-refractivity contribution in [3.8, 4) is 5.75 Å². The molecule has 1 aliphatic rings. The van der Waals surface area contributed by atoms with Crippen LogP contribution in [0.2, 0.25) is 0 Å². The van der Waals surface area contributed by atoms with E-state index in [2.05, 4.69) is 6.92 Å². The first kappa shape index (κ1) is 13.4. The highest BCUT2D eigenvalue weighted by atomic mass is 16.5. The van der Waals surface area contributed by atoms with Crippen LogP contribution in [-0.2, 0) is 0 Å². The summed E-state index contributed by atoms with van der Waals surface area (Å²) in [4.78, 5) is 0. The molecule has 0 spiro atoms. The van der Waals surface area contributed by atoms with Gasteiger partial charge in [-0.3, -0.25) is 0 Å². The molecule has 0 aliphatic heterocycles. The largest absolute Gasteiger partial charge is 0.490 e. The molecular formula is C14H21BO3. The summed E-state index contributed by atoms with van der Waals surface area (Å²) in [5, 5.41) is 18.0. The van der Waals surface area contributed by atoms with Crippen molar-refractivity contribution >= 4 is 12.6 Å². The number of hydrogen-bond donors (Lipinski definition) is 2. The lowest BCUT2D eigenvalue weighted by Gasteiger charge is -2.29. The van der Waals surface area contributed by atoms with Crippen LogP contribution in [0, 0.1) is 5.92 Å². The molecule has 18 heavy (non-hydrogen) atoms. The van der Waals surface area contributed by atoms with Crippen LogP contribution in [0.5, 0.6) is 5.75 Å². The smallest absolute Gasteiger partial charge is 0.488 e. The molecule has 1 aliphatic carbocycles. The number of benzene rings is 1. The predicted octanol–water partition coefficient (Wildman–Crippen LogP) is 1.71. The summed E-state index contributed by atoms with van der Waals surface area (Å²) < 4.78 is 5.96. The Morgan fingerprint density at radius 3 is 2.56 bits per heavy atom. The highest BCUT2D eigenvalue weighted by molar-refractivity contribution is 6.58. The predicted molar refractivity (Wildman–Crippen MR) is 72.9 cm³/mol. The van der Waals surface area contributed by atoms with E-state index < -0.39 is 7.12 Å². The van der Waals surface area contributed by atoms with Gasteiger partial charge in [-0.1, -0.05) is 31.9 Å². The molecule has 4 heteroatoms. The van der Waals surface area contributed by atoms with Gasteiger partial charge in [0.25, 0.3) is 0 Å². The Labute approximate surface area is 109 Å². The Balaban J connectivity index is 1.92. The topological polar surface area (TPSA) is 49.7 Å². The van der Waals surface area contributed by atoms with Crippen molar-refractivity contribution in [3.63, 3.8) is 0 Å². The highest BCUT2D eigenvalue weighted by Crippen LogP contribution is 2.29. The first-order valence-corrected chi connectivity index (χ1v) is 6.81. The van der Waals surface area contributed by atoms with Crippen molar-refractivity contribution in [2.45, 2.75) is 45.1 Å². The molecule has 98 valence electrons. The third-order valence-electron chi connectivity index (χ3n) is 3.79. The third-order valence-corrected chi connectivity index (χ3v) is 3.79. The van der Waals surface area contributed by atoms with E-state index in [1.54, 1.807) is 12.1 Å². The van der Waals surface area contributed by atoms with E-state index in [0.29, 0.717) is 11.6 Å². The molecule has 3 nitrogen and oxygen atoms in total. The second-order valence-electron chi connectivity index (χ2n) is 5.12. The molecule has 0 radical (unpaired) electrons. The van der Waals surface area contributed by atoms with Gasteiger partial charge in [0.2, 0.25) is 0 Å². The second kappa shape index (κ2) is 6.25. The summed E-state index contributed by atoms with van der Waals surface area (Å²) in [5.74, 6) is 1.61. The first-order valence-electron chi connectivity index (χ1n) is 6.81. The van der Waals surface area contributed by atoms with Crippen molar-refractivity contribution in [1.29, 1.82) is 0 Å². The zero-order valence-electron chi connectivity index (χ0n) is 10.9. The van der Waals surface area contributed by atoms with Crippen LogP contribution in [0.4, 0.5) is 0 Å². The lowest BCUT2D eigenvalue weighted by atomic mass is 9.80. The molecule has 0 saturated heterocycles. The van der Waals surface area contributed by atoms with Crippen LogP contribution in [0.15, 0.2) is 24.3 Å². The maximum atomic E-state index is 9.02. The van der Waals surface area contributed by atoms with Crippen molar-refractivity contribution in [2.75, 3.05) is 0 Å². The van der Waals surface area contributed by atoms with Crippen molar-refractivity contribution in [3.05, 3.63) is 24.3 Å². The number of hydrogen-bond acceptors (Lipinski definition) is 3. The van der Waals surface area contributed by atoms with E-state index in [9.17, 15) is 0 Å². The molecule has 2 rings (SSSR count). The fraction of sp³-hybridized carbons (Fsp3) is 0.571. The molecule has 0 bridgehead atoms. The van der Waals surface area contributed by atoms with Gasteiger partial charge in [0.05, 0.1) is 6.10 Å². The summed E-state index contributed by atoms with van der Waals surface area (Å²) in [6.45, 7) is 2.24. The Bertz CT molecular complexity index is 364. The van der Waals surface area contributed by atoms with Crippen molar-refractivity contribution in [2.24, 2.45) is 5.92 Å². The molecule has 1 aromatic carbocycles. The molecule has 2 N–H and O–H groups in total. The van der Waals surface area contributed by atoms with Gasteiger partial charge in [0.15, 0.2) is 0 Å². The van der Waals surface area contributed by atoms with Crippen LogP contribution in [0.3, 0.4) is 0 Å². The molecule has 1 aromatic rings. The van der Waals surface area contributed by atoms with Crippen molar-refractivity contribution < 1.29 is 14.8 Å². The van der Waals surface area contributed by atoms with Crippen LogP contribution in [0.25, 0.3) is 0 Å². The van der Waals surface area contributed by atoms with Crippen LogP contribution < -0.4 is 10.2 Å². The van der Waals surface area contributed by atoms with E-state index in [4.69, 9.17) is 14.8 Å². The van der Waals surface area contributed by atoms with Crippen LogP contribution in [-0.4, -0.2) is 23.3 Å². The molecule has 0 aromatic heterocycles. The fourth-order valence-electron chi connectivity index (χ4n) is 2.63. The van der Waals surface area contributed by atoms with Gasteiger partial charge >= 0.3 is 7.12 Å². The molecule has 1 saturated carbocycles. The summed E-state index contributed by atoms with van der Waals surface area (Å²) in [6, 6.07) is 7.01. The zero-order valence-corrected chi connectivity index (χ0v) is 10.9. The van der Waals surface area contributed by atoms with E-state index >= 15 is 0 Å². The molecule has 0 amide bonds. The van der Waals surface area contributed by atoms with Gasteiger partial charge in [-0.2, -0.15) is 0 Å². The summed E-state index contributed by atoms with van der Waals surface area (Å²) >= 11 is 0. The van der Waals surface area contributed by atoms with E-state index in [-0.39, 0.29) is 0 Å². The normalized spacial score (nSPS) is 23.7. The zero-order chi connectivity index (χ0) is 13.0. The lowest BCUT2D eigenvalue weighted by Crippen LogP contribution is -2.29. The quantitative estimate of drug-likeness (QED) is 0.797. The van der Waals surface area contributed by atoms with Gasteiger partial charge in [0.1, 0.15) is 5.75 Å².